The number of carbonyl (C=O) groups is 4. The molecule has 0 saturated heterocycles. The van der Waals surface area contributed by atoms with Crippen LogP contribution in [0.25, 0.3) is 6.08 Å². The van der Waals surface area contributed by atoms with Gasteiger partial charge in [-0.15, -0.1) is 0 Å². The average Bonchev–Trinajstić information content (AvgIpc) is 2.79. The second-order valence-corrected chi connectivity index (χ2v) is 7.46. The Hall–Kier alpha value is -4.14. The third-order valence-electron chi connectivity index (χ3n) is 4.82. The summed E-state index contributed by atoms with van der Waals surface area (Å²) in [5.41, 5.74) is 3.58. The average molecular weight is 469 g/mol. The number of nitrogens with one attached hydrogen (secondary N) is 2. The van der Waals surface area contributed by atoms with Gasteiger partial charge < -0.3 is 19.5 Å². The second-order valence-electron chi connectivity index (χ2n) is 7.46. The molecule has 0 spiro atoms. The van der Waals surface area contributed by atoms with Gasteiger partial charge in [0.2, 0.25) is 5.91 Å². The molecule has 0 heterocycles. The zero-order chi connectivity index (χ0) is 25.3. The van der Waals surface area contributed by atoms with Crippen LogP contribution in [-0.2, 0) is 41.8 Å². The molecule has 0 unspecified atom stereocenters. The number of carbonyl (C=O) groups excluding carboxylic acids is 4. The van der Waals surface area contributed by atoms with Crippen molar-refractivity contribution in [1.82, 2.24) is 5.32 Å². The van der Waals surface area contributed by atoms with Gasteiger partial charge in [0.25, 0.3) is 0 Å². The van der Waals surface area contributed by atoms with Crippen LogP contribution in [-0.4, -0.2) is 31.0 Å². The van der Waals surface area contributed by atoms with E-state index in [1.807, 2.05) is 18.2 Å². The quantitative estimate of drug-likeness (QED) is 0.344. The summed E-state index contributed by atoms with van der Waals surface area (Å²) in [6, 6.07) is 10.8. The van der Waals surface area contributed by atoms with Crippen LogP contribution in [0.5, 0.6) is 0 Å². The molecule has 0 aliphatic rings. The minimum Gasteiger partial charge on any atom is -0.464 e. The van der Waals surface area contributed by atoms with E-state index in [4.69, 9.17) is 14.2 Å². The number of aryl methyl sites for hydroxylation is 1. The van der Waals surface area contributed by atoms with Gasteiger partial charge in [-0.1, -0.05) is 30.3 Å². The molecule has 0 fully saturated rings. The van der Waals surface area contributed by atoms with Crippen LogP contribution in [0.2, 0.25) is 0 Å². The Labute approximate surface area is 198 Å². The Morgan fingerprint density at radius 2 is 1.65 bits per heavy atom. The Balaban J connectivity index is 2.41. The first-order valence-electron chi connectivity index (χ1n) is 10.4. The van der Waals surface area contributed by atoms with Gasteiger partial charge in [-0.2, -0.15) is 0 Å². The summed E-state index contributed by atoms with van der Waals surface area (Å²) in [5, 5.41) is 5.18. The summed E-state index contributed by atoms with van der Waals surface area (Å²) in [6.45, 7) is 6.12. The van der Waals surface area contributed by atoms with Crippen LogP contribution in [0.4, 0.5) is 10.5 Å². The zero-order valence-corrected chi connectivity index (χ0v) is 19.8. The van der Waals surface area contributed by atoms with Crippen molar-refractivity contribution in [2.24, 2.45) is 0 Å². The molecule has 2 amide bonds. The summed E-state index contributed by atoms with van der Waals surface area (Å²) in [4.78, 5) is 47.8. The Morgan fingerprint density at radius 1 is 0.971 bits per heavy atom. The topological polar surface area (TPSA) is 120 Å². The third-order valence-corrected chi connectivity index (χ3v) is 4.82. The van der Waals surface area contributed by atoms with Crippen LogP contribution in [0.3, 0.4) is 0 Å². The first-order valence-corrected chi connectivity index (χ1v) is 10.4. The van der Waals surface area contributed by atoms with Gasteiger partial charge in [0.1, 0.15) is 18.9 Å². The van der Waals surface area contributed by atoms with E-state index < -0.39 is 18.0 Å². The normalized spacial score (nSPS) is 10.8. The van der Waals surface area contributed by atoms with Crippen molar-refractivity contribution >= 4 is 35.7 Å². The van der Waals surface area contributed by atoms with Gasteiger partial charge in [0, 0.05) is 25.1 Å². The number of hydrogen-bond acceptors (Lipinski definition) is 7. The van der Waals surface area contributed by atoms with Crippen LogP contribution in [0.1, 0.15) is 41.7 Å². The van der Waals surface area contributed by atoms with Crippen LogP contribution < -0.4 is 10.6 Å². The smallest absolute Gasteiger partial charge is 0.412 e. The number of amides is 2. The van der Waals surface area contributed by atoms with Gasteiger partial charge in [0.05, 0.1) is 7.11 Å². The molecule has 0 radical (unpaired) electrons. The standard InChI is InChI=1S/C25H28N2O7/c1-15-11-20(21(14-33-18(4)29)16(2)23(15)26-17(3)28)12-22(24(30)32-5)27-25(31)34-13-19-9-7-6-8-10-19/h6-12H,13-14H2,1-5H3,(H,26,28)(H,27,31)/b22-12-. The lowest BCUT2D eigenvalue weighted by Gasteiger charge is -2.18. The molecule has 9 nitrogen and oxygen atoms in total. The van der Waals surface area contributed by atoms with E-state index in [0.717, 1.165) is 5.56 Å². The van der Waals surface area contributed by atoms with Gasteiger partial charge >= 0.3 is 18.0 Å². The monoisotopic (exact) mass is 468 g/mol. The molecule has 34 heavy (non-hydrogen) atoms. The Morgan fingerprint density at radius 3 is 2.24 bits per heavy atom. The minimum atomic E-state index is -0.842. The molecule has 180 valence electrons. The lowest BCUT2D eigenvalue weighted by Crippen LogP contribution is -2.28. The van der Waals surface area contributed by atoms with Crippen molar-refractivity contribution < 1.29 is 33.4 Å². The van der Waals surface area contributed by atoms with E-state index in [2.05, 4.69) is 10.6 Å². The van der Waals surface area contributed by atoms with E-state index in [9.17, 15) is 19.2 Å². The highest BCUT2D eigenvalue weighted by atomic mass is 16.6. The predicted octanol–water partition coefficient (Wildman–Crippen LogP) is 3.77. The largest absolute Gasteiger partial charge is 0.464 e. The number of esters is 2. The van der Waals surface area contributed by atoms with Crippen molar-refractivity contribution in [3.05, 3.63) is 69.9 Å². The Kier molecular flexibility index (Phi) is 9.37. The van der Waals surface area contributed by atoms with E-state index in [-0.39, 0.29) is 24.8 Å². The van der Waals surface area contributed by atoms with Crippen molar-refractivity contribution in [3.8, 4) is 0 Å². The molecular formula is C25H28N2O7. The van der Waals surface area contributed by atoms with Gasteiger partial charge in [-0.05, 0) is 48.2 Å². The summed E-state index contributed by atoms with van der Waals surface area (Å²) in [6.07, 6.45) is 0.566. The molecule has 0 saturated carbocycles. The first kappa shape index (κ1) is 26.1. The Bertz CT molecular complexity index is 1110. The summed E-state index contributed by atoms with van der Waals surface area (Å²) in [7, 11) is 1.18. The maximum Gasteiger partial charge on any atom is 0.412 e. The highest BCUT2D eigenvalue weighted by Crippen LogP contribution is 2.29. The number of rotatable bonds is 8. The van der Waals surface area contributed by atoms with Crippen LogP contribution in [0.15, 0.2) is 42.1 Å². The first-order chi connectivity index (χ1) is 16.1. The fourth-order valence-electron chi connectivity index (χ4n) is 3.20. The van der Waals surface area contributed by atoms with Crippen LogP contribution in [0, 0.1) is 13.8 Å². The van der Waals surface area contributed by atoms with Gasteiger partial charge in [0.15, 0.2) is 0 Å². The maximum absolute atomic E-state index is 12.4. The molecule has 2 N–H and O–H groups in total. The highest BCUT2D eigenvalue weighted by Gasteiger charge is 2.19. The fraction of sp³-hybridized carbons (Fsp3) is 0.280. The molecule has 9 heteroatoms. The van der Waals surface area contributed by atoms with Crippen LogP contribution >= 0.6 is 0 Å². The van der Waals surface area contributed by atoms with Crippen molar-refractivity contribution in [1.29, 1.82) is 0 Å². The molecule has 2 aromatic carbocycles. The number of ether oxygens (including phenoxy) is 3. The second kappa shape index (κ2) is 12.2. The van der Waals surface area contributed by atoms with Crippen molar-refractivity contribution in [2.75, 3.05) is 12.4 Å². The lowest BCUT2D eigenvalue weighted by molar-refractivity contribution is -0.142. The molecule has 0 aliphatic carbocycles. The number of alkyl carbamates (subject to hydrolysis) is 1. The van der Waals surface area contributed by atoms with E-state index in [0.29, 0.717) is 27.9 Å². The number of benzene rings is 2. The lowest BCUT2D eigenvalue weighted by atomic mass is 9.95. The molecule has 2 rings (SSSR count). The highest BCUT2D eigenvalue weighted by molar-refractivity contribution is 5.97. The number of methoxy groups -OCH3 is 1. The SMILES string of the molecule is COC(=O)/C(=C/c1cc(C)c(NC(C)=O)c(C)c1COC(C)=O)NC(=O)OCc1ccccc1. The summed E-state index contributed by atoms with van der Waals surface area (Å²) < 4.78 is 15.2. The molecular weight excluding hydrogens is 440 g/mol. The maximum atomic E-state index is 12.4. The van der Waals surface area contributed by atoms with Crippen molar-refractivity contribution in [2.45, 2.75) is 40.9 Å². The van der Waals surface area contributed by atoms with E-state index in [1.54, 1.807) is 32.0 Å². The predicted molar refractivity (Wildman–Crippen MR) is 125 cm³/mol. The van der Waals surface area contributed by atoms with E-state index in [1.165, 1.54) is 27.0 Å². The number of anilines is 1. The number of hydrogen-bond donors (Lipinski definition) is 2. The molecule has 0 aromatic heterocycles. The fourth-order valence-corrected chi connectivity index (χ4v) is 3.20. The van der Waals surface area contributed by atoms with E-state index >= 15 is 0 Å². The molecule has 0 aliphatic heterocycles. The molecule has 0 bridgehead atoms. The minimum absolute atomic E-state index is 0.0163. The van der Waals surface area contributed by atoms with Gasteiger partial charge in [-0.25, -0.2) is 9.59 Å². The summed E-state index contributed by atoms with van der Waals surface area (Å²) >= 11 is 0. The summed E-state index contributed by atoms with van der Waals surface area (Å²) in [5.74, 6) is -1.55. The third kappa shape index (κ3) is 7.47. The molecule has 2 aromatic rings. The van der Waals surface area contributed by atoms with Crippen molar-refractivity contribution in [3.63, 3.8) is 0 Å². The zero-order valence-electron chi connectivity index (χ0n) is 19.8. The molecule has 0 atom stereocenters. The van der Waals surface area contributed by atoms with Gasteiger partial charge in [-0.3, -0.25) is 14.9 Å².